The lowest BCUT2D eigenvalue weighted by Gasteiger charge is -2.19. The number of nitrogens with two attached hydrogens (primary N) is 1. The van der Waals surface area contributed by atoms with E-state index in [1.54, 1.807) is 26.2 Å². The van der Waals surface area contributed by atoms with Gasteiger partial charge in [-0.25, -0.2) is 0 Å². The van der Waals surface area contributed by atoms with Gasteiger partial charge in [0.2, 0.25) is 5.91 Å². The minimum Gasteiger partial charge on any atom is -0.368 e. The highest BCUT2D eigenvalue weighted by Crippen LogP contribution is 2.10. The molecule has 104 valence electrons. The summed E-state index contributed by atoms with van der Waals surface area (Å²) in [5, 5.41) is 10.6. The molecule has 1 rings (SSSR count). The van der Waals surface area contributed by atoms with Gasteiger partial charge in [-0.3, -0.25) is 9.59 Å². The smallest absolute Gasteiger partial charge is 0.273 e. The van der Waals surface area contributed by atoms with Crippen molar-refractivity contribution in [1.82, 2.24) is 15.1 Å². The van der Waals surface area contributed by atoms with E-state index in [-0.39, 0.29) is 17.5 Å². The molecular formula is C12H19N5O2. The SMILES string of the molecule is CC(C)C(Nc1ccc(C(=O)N(C)C)nn1)C(N)=O. The summed E-state index contributed by atoms with van der Waals surface area (Å²) in [6.07, 6.45) is 0. The molecule has 1 heterocycles. The molecule has 1 atom stereocenters. The molecule has 0 saturated heterocycles. The second-order valence-corrected chi connectivity index (χ2v) is 4.77. The fourth-order valence-corrected chi connectivity index (χ4v) is 1.48. The molecule has 0 saturated carbocycles. The Morgan fingerprint density at radius 1 is 1.26 bits per heavy atom. The Balaban J connectivity index is 2.82. The fourth-order valence-electron chi connectivity index (χ4n) is 1.48. The zero-order valence-corrected chi connectivity index (χ0v) is 11.5. The summed E-state index contributed by atoms with van der Waals surface area (Å²) < 4.78 is 0. The topological polar surface area (TPSA) is 101 Å². The normalized spacial score (nSPS) is 12.1. The van der Waals surface area contributed by atoms with E-state index in [9.17, 15) is 9.59 Å². The van der Waals surface area contributed by atoms with Gasteiger partial charge in [0.25, 0.3) is 5.91 Å². The molecule has 0 aromatic carbocycles. The summed E-state index contributed by atoms with van der Waals surface area (Å²) in [6, 6.07) is 2.63. The molecule has 0 fully saturated rings. The summed E-state index contributed by atoms with van der Waals surface area (Å²) in [5.74, 6) is -0.241. The predicted octanol–water partition coefficient (Wildman–Crippen LogP) is 0.100. The Bertz CT molecular complexity index is 456. The van der Waals surface area contributed by atoms with E-state index in [2.05, 4.69) is 15.5 Å². The molecule has 0 aliphatic rings. The minimum absolute atomic E-state index is 0.0300. The number of rotatable bonds is 5. The van der Waals surface area contributed by atoms with Crippen molar-refractivity contribution in [3.63, 3.8) is 0 Å². The summed E-state index contributed by atoms with van der Waals surface area (Å²) in [7, 11) is 3.27. The number of hydrogen-bond acceptors (Lipinski definition) is 5. The van der Waals surface area contributed by atoms with Gasteiger partial charge < -0.3 is 16.0 Å². The first-order chi connectivity index (χ1) is 8.82. The van der Waals surface area contributed by atoms with Crippen molar-refractivity contribution in [2.24, 2.45) is 11.7 Å². The van der Waals surface area contributed by atoms with Crippen LogP contribution in [0.5, 0.6) is 0 Å². The number of aromatic nitrogens is 2. The van der Waals surface area contributed by atoms with Crippen LogP contribution in [0.3, 0.4) is 0 Å². The Kier molecular flexibility index (Phi) is 4.80. The van der Waals surface area contributed by atoms with Crippen LogP contribution in [-0.2, 0) is 4.79 Å². The van der Waals surface area contributed by atoms with E-state index in [4.69, 9.17) is 5.73 Å². The summed E-state index contributed by atoms with van der Waals surface area (Å²) in [6.45, 7) is 3.75. The Labute approximate surface area is 112 Å². The zero-order valence-electron chi connectivity index (χ0n) is 11.5. The number of carbonyl (C=O) groups excluding carboxylic acids is 2. The molecule has 0 bridgehead atoms. The van der Waals surface area contributed by atoms with Gasteiger partial charge >= 0.3 is 0 Å². The number of nitrogens with zero attached hydrogens (tertiary/aromatic N) is 3. The molecule has 7 heteroatoms. The van der Waals surface area contributed by atoms with Crippen molar-refractivity contribution in [3.05, 3.63) is 17.8 Å². The molecule has 1 aromatic rings. The van der Waals surface area contributed by atoms with E-state index in [1.165, 1.54) is 4.90 Å². The molecule has 19 heavy (non-hydrogen) atoms. The summed E-state index contributed by atoms with van der Waals surface area (Å²) in [4.78, 5) is 24.3. The van der Waals surface area contributed by atoms with Crippen LogP contribution in [0.2, 0.25) is 0 Å². The van der Waals surface area contributed by atoms with E-state index in [0.717, 1.165) is 0 Å². The molecular weight excluding hydrogens is 246 g/mol. The van der Waals surface area contributed by atoms with Gasteiger partial charge in [0, 0.05) is 14.1 Å². The second-order valence-electron chi connectivity index (χ2n) is 4.77. The molecule has 0 aliphatic carbocycles. The molecule has 1 aromatic heterocycles. The fraction of sp³-hybridized carbons (Fsp3) is 0.500. The van der Waals surface area contributed by atoms with Crippen LogP contribution in [0.4, 0.5) is 5.82 Å². The number of amides is 2. The van der Waals surface area contributed by atoms with Gasteiger partial charge in [-0.1, -0.05) is 13.8 Å². The van der Waals surface area contributed by atoms with Crippen molar-refractivity contribution in [2.75, 3.05) is 19.4 Å². The minimum atomic E-state index is -0.523. The highest BCUT2D eigenvalue weighted by atomic mass is 16.2. The van der Waals surface area contributed by atoms with Crippen LogP contribution in [0, 0.1) is 5.92 Å². The van der Waals surface area contributed by atoms with Crippen molar-refractivity contribution in [1.29, 1.82) is 0 Å². The van der Waals surface area contributed by atoms with Crippen LogP contribution in [-0.4, -0.2) is 47.0 Å². The zero-order chi connectivity index (χ0) is 14.6. The van der Waals surface area contributed by atoms with Gasteiger partial charge in [-0.2, -0.15) is 0 Å². The molecule has 3 N–H and O–H groups in total. The number of nitrogens with one attached hydrogen (secondary N) is 1. The number of anilines is 1. The highest BCUT2D eigenvalue weighted by molar-refractivity contribution is 5.91. The predicted molar refractivity (Wildman–Crippen MR) is 71.5 cm³/mol. The van der Waals surface area contributed by atoms with Gasteiger partial charge in [-0.15, -0.1) is 10.2 Å². The molecule has 2 amide bonds. The maximum atomic E-state index is 11.6. The van der Waals surface area contributed by atoms with Gasteiger partial charge in [0.15, 0.2) is 5.69 Å². The summed E-state index contributed by atoms with van der Waals surface area (Å²) >= 11 is 0. The summed E-state index contributed by atoms with van der Waals surface area (Å²) in [5.41, 5.74) is 5.54. The largest absolute Gasteiger partial charge is 0.368 e. The standard InChI is InChI=1S/C12H19N5O2/c1-7(2)10(11(13)18)14-9-6-5-8(15-16-9)12(19)17(3)4/h5-7,10H,1-4H3,(H2,13,18)(H,14,16). The first kappa shape index (κ1) is 14.9. The molecule has 0 aliphatic heterocycles. The van der Waals surface area contributed by atoms with E-state index < -0.39 is 11.9 Å². The highest BCUT2D eigenvalue weighted by Gasteiger charge is 2.20. The van der Waals surface area contributed by atoms with E-state index in [0.29, 0.717) is 5.82 Å². The maximum Gasteiger partial charge on any atom is 0.273 e. The lowest BCUT2D eigenvalue weighted by atomic mass is 10.0. The van der Waals surface area contributed by atoms with Crippen molar-refractivity contribution < 1.29 is 9.59 Å². The molecule has 0 radical (unpaired) electrons. The van der Waals surface area contributed by atoms with Crippen molar-refractivity contribution >= 4 is 17.6 Å². The molecule has 1 unspecified atom stereocenters. The Hall–Kier alpha value is -2.18. The van der Waals surface area contributed by atoms with E-state index >= 15 is 0 Å². The van der Waals surface area contributed by atoms with Crippen molar-refractivity contribution in [2.45, 2.75) is 19.9 Å². The van der Waals surface area contributed by atoms with Crippen LogP contribution in [0.25, 0.3) is 0 Å². The average Bonchev–Trinajstić information content (AvgIpc) is 2.34. The lowest BCUT2D eigenvalue weighted by molar-refractivity contribution is -0.119. The first-order valence-electron chi connectivity index (χ1n) is 5.94. The number of hydrogen-bond donors (Lipinski definition) is 2. The monoisotopic (exact) mass is 265 g/mol. The van der Waals surface area contributed by atoms with Crippen LogP contribution in [0.15, 0.2) is 12.1 Å². The molecule has 0 spiro atoms. The quantitative estimate of drug-likeness (QED) is 0.786. The van der Waals surface area contributed by atoms with Gasteiger partial charge in [0.05, 0.1) is 0 Å². The van der Waals surface area contributed by atoms with Gasteiger partial charge in [-0.05, 0) is 18.1 Å². The number of primary amides is 1. The lowest BCUT2D eigenvalue weighted by Crippen LogP contribution is -2.39. The third kappa shape index (κ3) is 3.90. The van der Waals surface area contributed by atoms with Crippen LogP contribution in [0.1, 0.15) is 24.3 Å². The Morgan fingerprint density at radius 3 is 2.26 bits per heavy atom. The third-order valence-corrected chi connectivity index (χ3v) is 2.57. The van der Waals surface area contributed by atoms with Crippen molar-refractivity contribution in [3.8, 4) is 0 Å². The Morgan fingerprint density at radius 2 is 1.89 bits per heavy atom. The first-order valence-corrected chi connectivity index (χ1v) is 5.94. The number of carbonyl (C=O) groups is 2. The van der Waals surface area contributed by atoms with Crippen LogP contribution < -0.4 is 11.1 Å². The molecule has 7 nitrogen and oxygen atoms in total. The third-order valence-electron chi connectivity index (χ3n) is 2.57. The average molecular weight is 265 g/mol. The second kappa shape index (κ2) is 6.12. The van der Waals surface area contributed by atoms with E-state index in [1.807, 2.05) is 13.8 Å². The van der Waals surface area contributed by atoms with Crippen LogP contribution >= 0.6 is 0 Å². The maximum absolute atomic E-state index is 11.6. The van der Waals surface area contributed by atoms with Gasteiger partial charge in [0.1, 0.15) is 11.9 Å².